The fraction of sp³-hybridized carbons (Fsp3) is 0.143. The first kappa shape index (κ1) is 18.4. The molecular weight excluding hydrogens is 366 g/mol. The quantitative estimate of drug-likeness (QED) is 0.591. The lowest BCUT2D eigenvalue weighted by Gasteiger charge is -2.04. The number of amides is 1. The maximum Gasteiger partial charge on any atom is 0.220 e. The average molecular weight is 384 g/mol. The van der Waals surface area contributed by atoms with Gasteiger partial charge in [-0.15, -0.1) is 11.3 Å². The van der Waals surface area contributed by atoms with Gasteiger partial charge in [0.05, 0.1) is 11.4 Å². The van der Waals surface area contributed by atoms with E-state index in [0.29, 0.717) is 34.8 Å². The van der Waals surface area contributed by atoms with E-state index in [1.165, 1.54) is 11.3 Å². The van der Waals surface area contributed by atoms with Gasteiger partial charge in [0.2, 0.25) is 11.7 Å². The summed E-state index contributed by atoms with van der Waals surface area (Å²) in [7, 11) is 0. The van der Waals surface area contributed by atoms with Gasteiger partial charge in [0.25, 0.3) is 0 Å². The maximum absolute atomic E-state index is 12.4. The molecule has 0 fully saturated rings. The van der Waals surface area contributed by atoms with Crippen LogP contribution in [-0.2, 0) is 17.8 Å². The second-order valence-electron chi connectivity index (χ2n) is 5.87. The number of carbonyl (C=O) groups is 2. The molecule has 1 N–H and O–H groups in total. The molecule has 0 saturated carbocycles. The van der Waals surface area contributed by atoms with Crippen LogP contribution in [0.15, 0.2) is 66.7 Å². The first-order valence-electron chi connectivity index (χ1n) is 8.31. The summed E-state index contributed by atoms with van der Waals surface area (Å²) in [5.41, 5.74) is 1.71. The minimum Gasteiger partial charge on any atom is -0.351 e. The SMILES string of the molecule is O=C(CCc1cccc(Cl)c1)NCc1ccc(C(=O)c2ccccc2)s1. The summed E-state index contributed by atoms with van der Waals surface area (Å²) in [6.45, 7) is 0.432. The van der Waals surface area contributed by atoms with Crippen molar-refractivity contribution in [3.05, 3.63) is 92.6 Å². The second-order valence-corrected chi connectivity index (χ2v) is 7.47. The normalized spacial score (nSPS) is 10.5. The van der Waals surface area contributed by atoms with Crippen molar-refractivity contribution in [2.24, 2.45) is 0 Å². The summed E-state index contributed by atoms with van der Waals surface area (Å²) in [5, 5.41) is 3.58. The van der Waals surface area contributed by atoms with Gasteiger partial charge in [-0.05, 0) is 36.2 Å². The fourth-order valence-electron chi connectivity index (χ4n) is 2.55. The Morgan fingerprint density at radius 1 is 0.962 bits per heavy atom. The zero-order valence-corrected chi connectivity index (χ0v) is 15.6. The highest BCUT2D eigenvalue weighted by atomic mass is 35.5. The van der Waals surface area contributed by atoms with Gasteiger partial charge in [-0.25, -0.2) is 0 Å². The first-order chi connectivity index (χ1) is 12.6. The molecule has 0 spiro atoms. The van der Waals surface area contributed by atoms with Crippen LogP contribution in [0.4, 0.5) is 0 Å². The molecule has 0 aliphatic rings. The van der Waals surface area contributed by atoms with Gasteiger partial charge >= 0.3 is 0 Å². The van der Waals surface area contributed by atoms with Crippen molar-refractivity contribution in [1.29, 1.82) is 0 Å². The van der Waals surface area contributed by atoms with Crippen LogP contribution in [0.5, 0.6) is 0 Å². The van der Waals surface area contributed by atoms with E-state index in [0.717, 1.165) is 10.4 Å². The van der Waals surface area contributed by atoms with E-state index >= 15 is 0 Å². The van der Waals surface area contributed by atoms with E-state index in [9.17, 15) is 9.59 Å². The molecule has 0 atom stereocenters. The predicted octanol–water partition coefficient (Wildman–Crippen LogP) is 4.88. The number of halogens is 1. The zero-order valence-electron chi connectivity index (χ0n) is 14.1. The summed E-state index contributed by atoms with van der Waals surface area (Å²) >= 11 is 7.36. The molecule has 26 heavy (non-hydrogen) atoms. The number of hydrogen-bond donors (Lipinski definition) is 1. The highest BCUT2D eigenvalue weighted by molar-refractivity contribution is 7.14. The highest BCUT2D eigenvalue weighted by Crippen LogP contribution is 2.20. The highest BCUT2D eigenvalue weighted by Gasteiger charge is 2.12. The molecule has 1 aromatic heterocycles. The molecule has 3 aromatic rings. The molecule has 3 nitrogen and oxygen atoms in total. The molecule has 2 aromatic carbocycles. The Morgan fingerprint density at radius 2 is 1.77 bits per heavy atom. The lowest BCUT2D eigenvalue weighted by molar-refractivity contribution is -0.121. The second kappa shape index (κ2) is 8.79. The monoisotopic (exact) mass is 383 g/mol. The first-order valence-corrected chi connectivity index (χ1v) is 9.51. The number of benzene rings is 2. The summed E-state index contributed by atoms with van der Waals surface area (Å²) in [6, 6.07) is 20.4. The Morgan fingerprint density at radius 3 is 2.54 bits per heavy atom. The summed E-state index contributed by atoms with van der Waals surface area (Å²) in [4.78, 5) is 26.1. The van der Waals surface area contributed by atoms with Gasteiger partial charge in [-0.3, -0.25) is 9.59 Å². The molecular formula is C21H18ClNO2S. The average Bonchev–Trinajstić information content (AvgIpc) is 3.14. The number of hydrogen-bond acceptors (Lipinski definition) is 3. The van der Waals surface area contributed by atoms with Crippen LogP contribution < -0.4 is 5.32 Å². The molecule has 0 unspecified atom stereocenters. The number of carbonyl (C=O) groups excluding carboxylic acids is 2. The Hall–Kier alpha value is -2.43. The standard InChI is InChI=1S/C21H18ClNO2S/c22-17-8-4-5-15(13-17)9-12-20(24)23-14-18-10-11-19(26-18)21(25)16-6-2-1-3-7-16/h1-8,10-11,13H,9,12,14H2,(H,23,24). The van der Waals surface area contributed by atoms with Crippen LogP contribution in [-0.4, -0.2) is 11.7 Å². The number of aryl methyl sites for hydroxylation is 1. The van der Waals surface area contributed by atoms with Gasteiger partial charge < -0.3 is 5.32 Å². The Labute approximate surface area is 161 Å². The lowest BCUT2D eigenvalue weighted by Crippen LogP contribution is -2.22. The van der Waals surface area contributed by atoms with Crippen molar-refractivity contribution in [2.45, 2.75) is 19.4 Å². The summed E-state index contributed by atoms with van der Waals surface area (Å²) < 4.78 is 0. The maximum atomic E-state index is 12.4. The smallest absolute Gasteiger partial charge is 0.220 e. The fourth-order valence-corrected chi connectivity index (χ4v) is 3.67. The minimum absolute atomic E-state index is 0.00846. The van der Waals surface area contributed by atoms with Crippen molar-refractivity contribution in [1.82, 2.24) is 5.32 Å². The molecule has 0 aliphatic heterocycles. The predicted molar refractivity (Wildman–Crippen MR) is 106 cm³/mol. The number of rotatable bonds is 7. The van der Waals surface area contributed by atoms with Crippen molar-refractivity contribution >= 4 is 34.6 Å². The van der Waals surface area contributed by atoms with Gasteiger partial charge in [0.15, 0.2) is 0 Å². The van der Waals surface area contributed by atoms with Crippen molar-refractivity contribution in [2.75, 3.05) is 0 Å². The molecule has 3 rings (SSSR count). The number of ketones is 1. The van der Waals surface area contributed by atoms with Crippen LogP contribution in [0.3, 0.4) is 0 Å². The van der Waals surface area contributed by atoms with Crippen LogP contribution in [0.2, 0.25) is 5.02 Å². The van der Waals surface area contributed by atoms with E-state index in [1.807, 2.05) is 54.6 Å². The van der Waals surface area contributed by atoms with Crippen LogP contribution in [0.25, 0.3) is 0 Å². The van der Waals surface area contributed by atoms with Crippen LogP contribution in [0.1, 0.15) is 32.1 Å². The third kappa shape index (κ3) is 5.04. The van der Waals surface area contributed by atoms with E-state index in [2.05, 4.69) is 5.32 Å². The van der Waals surface area contributed by atoms with Gasteiger partial charge in [-0.1, -0.05) is 54.1 Å². The van der Waals surface area contributed by atoms with Gasteiger partial charge in [0, 0.05) is 21.9 Å². The topological polar surface area (TPSA) is 46.2 Å². The van der Waals surface area contributed by atoms with E-state index < -0.39 is 0 Å². The van der Waals surface area contributed by atoms with Crippen LogP contribution in [0, 0.1) is 0 Å². The molecule has 0 radical (unpaired) electrons. The Bertz CT molecular complexity index is 905. The molecule has 1 amide bonds. The number of nitrogens with one attached hydrogen (secondary N) is 1. The number of thiophene rings is 1. The zero-order chi connectivity index (χ0) is 18.4. The third-order valence-electron chi connectivity index (χ3n) is 3.91. The minimum atomic E-state index is -0.0192. The third-order valence-corrected chi connectivity index (χ3v) is 5.23. The van der Waals surface area contributed by atoms with Gasteiger partial charge in [-0.2, -0.15) is 0 Å². The molecule has 5 heteroatoms. The van der Waals surface area contributed by atoms with E-state index in [1.54, 1.807) is 12.1 Å². The molecule has 0 aliphatic carbocycles. The largest absolute Gasteiger partial charge is 0.351 e. The summed E-state index contributed by atoms with van der Waals surface area (Å²) in [5.74, 6) is -0.0107. The lowest BCUT2D eigenvalue weighted by atomic mass is 10.1. The summed E-state index contributed by atoms with van der Waals surface area (Å²) in [6.07, 6.45) is 1.05. The molecule has 0 saturated heterocycles. The van der Waals surface area contributed by atoms with E-state index in [4.69, 9.17) is 11.6 Å². The van der Waals surface area contributed by atoms with Crippen molar-refractivity contribution in [3.63, 3.8) is 0 Å². The molecule has 132 valence electrons. The van der Waals surface area contributed by atoms with Gasteiger partial charge in [0.1, 0.15) is 0 Å². The van der Waals surface area contributed by atoms with Crippen molar-refractivity contribution < 1.29 is 9.59 Å². The molecule has 0 bridgehead atoms. The van der Waals surface area contributed by atoms with E-state index in [-0.39, 0.29) is 11.7 Å². The van der Waals surface area contributed by atoms with Crippen LogP contribution >= 0.6 is 22.9 Å². The van der Waals surface area contributed by atoms with Crippen molar-refractivity contribution in [3.8, 4) is 0 Å². The Kier molecular flexibility index (Phi) is 6.21. The molecule has 1 heterocycles. The Balaban J connectivity index is 1.50.